The maximum absolute atomic E-state index is 14.4. The van der Waals surface area contributed by atoms with Crippen molar-refractivity contribution in [3.05, 3.63) is 12.2 Å². The van der Waals surface area contributed by atoms with Gasteiger partial charge in [0.15, 0.2) is 18.9 Å². The molecule has 0 bridgehead atoms. The Morgan fingerprint density at radius 1 is 0.432 bits per heavy atom. The lowest BCUT2D eigenvalue weighted by Crippen LogP contribution is -2.72. The lowest BCUT2D eigenvalue weighted by Gasteiger charge is -2.53. The van der Waals surface area contributed by atoms with Gasteiger partial charge in [-0.25, -0.2) is 14.4 Å². The van der Waals surface area contributed by atoms with Gasteiger partial charge in [-0.05, 0) is 26.2 Å². The Bertz CT molecular complexity index is 3490. The number of carbonyl (C=O) groups is 8. The molecule has 0 aromatic carbocycles. The molecule has 6 saturated heterocycles. The number of hydrogen-bond acceptors (Lipinski definition) is 39. The summed E-state index contributed by atoms with van der Waals surface area (Å²) in [5, 5.41) is 261. The Morgan fingerprint density at radius 2 is 0.826 bits per heavy atom. The van der Waals surface area contributed by atoms with Crippen LogP contribution in [0.4, 0.5) is 0 Å². The predicted molar refractivity (Wildman–Crippen MR) is 451 cm³/mol. The van der Waals surface area contributed by atoms with Crippen molar-refractivity contribution in [2.24, 2.45) is 5.92 Å². The van der Waals surface area contributed by atoms with E-state index in [1.807, 2.05) is 0 Å². The fraction of sp³-hybridized carbons (Fsp3) is 0.884. The number of aliphatic hydroxyl groups excluding tert-OH is 19. The molecular formula is C86H148N4O42. The van der Waals surface area contributed by atoms with Crippen LogP contribution in [-0.4, -0.2) is 413 Å². The number of aliphatic carboxylic acids is 3. The fourth-order valence-corrected chi connectivity index (χ4v) is 17.5. The average molecular weight is 1910 g/mol. The standard InChI is InChI=1S/C86H148N4O42/c1-7-9-11-13-15-17-19-20-22-23-25-27-29-31-50(101)49(90-60(106)32-30-28-26-24-21-18-16-14-12-10-8-2)43-121-79-70(113)69(112)72(58(41-95)123-79)125-80-71(114)77(73(59(42-96)124-80)126-78-48(33-44(3)97)64(107)66(109)55(38-92)122-78)132-86(83(119)120)36-53(104)63(89-47(6)100)76(131-86)68(111)57(40-94)128-85(82(117)118)35-52(103)62(88-46(5)99)75(130-85)67(110)56(39-93)127-84(81(115)116)34-51(102)61(87-45(4)98)74(129-84)65(108)54(105)37-91/h29,31,48-59,61-80,91-96,101-105,107-114H,7-28,30,32-43H2,1-6H3,(H,87,98)(H,88,99)(H,89,100)(H,90,106)(H,115,116)(H,117,118)(H,119,120). The molecule has 6 aliphatic heterocycles. The van der Waals surface area contributed by atoms with Gasteiger partial charge >= 0.3 is 17.9 Å². The number of unbranched alkanes of at least 4 members (excludes halogenated alkanes) is 21. The highest BCUT2D eigenvalue weighted by molar-refractivity contribution is 5.79. The van der Waals surface area contributed by atoms with Crippen molar-refractivity contribution in [3.63, 3.8) is 0 Å². The average Bonchev–Trinajstić information content (AvgIpc) is 0.742. The first-order valence-corrected chi connectivity index (χ1v) is 46.1. The molecular weight excluding hydrogens is 1760 g/mol. The Kier molecular flexibility index (Phi) is 49.3. The third kappa shape index (κ3) is 32.3. The third-order valence-corrected chi connectivity index (χ3v) is 24.8. The summed E-state index contributed by atoms with van der Waals surface area (Å²) in [5.74, 6) is -23.6. The Hall–Kier alpha value is -5.54. The van der Waals surface area contributed by atoms with Crippen LogP contribution < -0.4 is 21.3 Å². The zero-order valence-electron chi connectivity index (χ0n) is 75.9. The number of ether oxygens (including phenoxy) is 12. The van der Waals surface area contributed by atoms with E-state index in [2.05, 4.69) is 35.1 Å². The first-order valence-electron chi connectivity index (χ1n) is 46.1. The van der Waals surface area contributed by atoms with Gasteiger partial charge in [-0.15, -0.1) is 0 Å². The molecule has 35 atom stereocenters. The van der Waals surface area contributed by atoms with Gasteiger partial charge in [-0.1, -0.05) is 154 Å². The minimum atomic E-state index is -3.71. The smallest absolute Gasteiger partial charge is 0.364 e. The highest BCUT2D eigenvalue weighted by Crippen LogP contribution is 2.45. The van der Waals surface area contributed by atoms with Gasteiger partial charge in [-0.3, -0.25) is 19.2 Å². The van der Waals surface area contributed by atoms with Crippen LogP contribution in [0.25, 0.3) is 0 Å². The van der Waals surface area contributed by atoms with Crippen molar-refractivity contribution in [1.29, 1.82) is 0 Å². The summed E-state index contributed by atoms with van der Waals surface area (Å²) >= 11 is 0. The molecule has 0 spiro atoms. The quantitative estimate of drug-likeness (QED) is 0.0200. The molecule has 6 rings (SSSR count). The maximum Gasteiger partial charge on any atom is 0.364 e. The molecule has 132 heavy (non-hydrogen) atoms. The van der Waals surface area contributed by atoms with Crippen LogP contribution in [0.1, 0.15) is 221 Å². The van der Waals surface area contributed by atoms with Gasteiger partial charge in [0.05, 0.1) is 101 Å². The number of rotatable bonds is 60. The van der Waals surface area contributed by atoms with E-state index in [0.29, 0.717) is 12.8 Å². The topological polar surface area (TPSA) is 741 Å². The summed E-state index contributed by atoms with van der Waals surface area (Å²) in [4.78, 5) is 107. The Balaban J connectivity index is 1.34. The molecule has 4 amide bonds. The number of Topliss-reactive ketones (excluding diaryl/α,β-unsaturated/α-hetero) is 1. The van der Waals surface area contributed by atoms with Crippen LogP contribution in [0.2, 0.25) is 0 Å². The molecule has 46 nitrogen and oxygen atoms in total. The van der Waals surface area contributed by atoms with Gasteiger partial charge in [0.1, 0.15) is 122 Å². The van der Waals surface area contributed by atoms with Crippen LogP contribution in [0.15, 0.2) is 12.2 Å². The SMILES string of the molecule is CCCCCCCCCCCCCC=CC(O)C(COC1OC(CO)C(OC2OC(CO)C(OC3OC(CO)C(O)C(O)C3CC(C)=O)C(OC3(C(=O)O)CC(O)C(NC(C)=O)C(C(O)C(CO)OC4(C(=O)O)CC(O)C(NC(C)=O)C(C(O)C(CO)OC5(C(=O)O)CC(O)C(NC(C)=O)C(C(O)C(O)CO)O5)O4)O3)C2O)C(O)C1O)NC(=O)CCCCCCCCCCCCC. The molecule has 26 N–H and O–H groups in total. The summed E-state index contributed by atoms with van der Waals surface area (Å²) in [6, 6.07) is -7.28. The van der Waals surface area contributed by atoms with E-state index in [9.17, 15) is 151 Å². The van der Waals surface area contributed by atoms with E-state index in [-0.39, 0.29) is 6.42 Å². The number of allylic oxidation sites excluding steroid dienone is 1. The maximum atomic E-state index is 14.4. The molecule has 0 aliphatic carbocycles. The molecule has 764 valence electrons. The van der Waals surface area contributed by atoms with Gasteiger partial charge in [0, 0.05) is 58.8 Å². The summed E-state index contributed by atoms with van der Waals surface area (Å²) in [7, 11) is 0. The second-order valence-corrected chi connectivity index (χ2v) is 35.3. The number of carboxylic acid groups (broad SMARTS) is 3. The normalized spacial score (nSPS) is 34.7. The zero-order chi connectivity index (χ0) is 98.1. The molecule has 0 saturated carbocycles. The fourth-order valence-electron chi connectivity index (χ4n) is 17.5. The van der Waals surface area contributed by atoms with Gasteiger partial charge < -0.3 is 195 Å². The van der Waals surface area contributed by atoms with Gasteiger partial charge in [0.2, 0.25) is 23.6 Å². The van der Waals surface area contributed by atoms with Crippen molar-refractivity contribution >= 4 is 47.3 Å². The van der Waals surface area contributed by atoms with Crippen molar-refractivity contribution in [3.8, 4) is 0 Å². The number of aliphatic hydroxyl groups is 19. The Labute approximate surface area is 765 Å². The van der Waals surface area contributed by atoms with Gasteiger partial charge in [-0.2, -0.15) is 0 Å². The van der Waals surface area contributed by atoms with Crippen molar-refractivity contribution < 1.29 is 208 Å². The highest BCUT2D eigenvalue weighted by Gasteiger charge is 2.65. The van der Waals surface area contributed by atoms with E-state index >= 15 is 0 Å². The van der Waals surface area contributed by atoms with E-state index in [1.54, 1.807) is 6.08 Å². The summed E-state index contributed by atoms with van der Waals surface area (Å²) in [6.07, 6.45) is -39.3. The largest absolute Gasteiger partial charge is 0.477 e. The number of amides is 4. The number of carbonyl (C=O) groups excluding carboxylic acids is 5. The first-order chi connectivity index (χ1) is 62.6. The van der Waals surface area contributed by atoms with E-state index in [1.165, 1.54) is 63.9 Å². The monoisotopic (exact) mass is 1910 g/mol. The second kappa shape index (κ2) is 56.5. The lowest BCUT2D eigenvalue weighted by atomic mass is 9.86. The molecule has 46 heteroatoms. The number of nitrogens with one attached hydrogen (secondary N) is 4. The molecule has 0 aromatic heterocycles. The number of ketones is 1. The van der Waals surface area contributed by atoms with Crippen LogP contribution in [-0.2, 0) is 95.2 Å². The van der Waals surface area contributed by atoms with Crippen LogP contribution in [0.3, 0.4) is 0 Å². The van der Waals surface area contributed by atoms with E-state index in [0.717, 1.165) is 105 Å². The molecule has 6 fully saturated rings. The second-order valence-electron chi connectivity index (χ2n) is 35.3. The van der Waals surface area contributed by atoms with Crippen LogP contribution in [0, 0.1) is 5.92 Å². The molecule has 0 radical (unpaired) electrons. The van der Waals surface area contributed by atoms with Crippen LogP contribution >= 0.6 is 0 Å². The summed E-state index contributed by atoms with van der Waals surface area (Å²) in [6.45, 7) is -0.650. The van der Waals surface area contributed by atoms with E-state index in [4.69, 9.17) is 56.8 Å². The Morgan fingerprint density at radius 3 is 1.24 bits per heavy atom. The highest BCUT2D eigenvalue weighted by atomic mass is 16.8. The van der Waals surface area contributed by atoms with Crippen molar-refractivity contribution in [2.45, 2.75) is 428 Å². The summed E-state index contributed by atoms with van der Waals surface area (Å²) in [5.41, 5.74) is 0. The lowest BCUT2D eigenvalue weighted by molar-refractivity contribution is -0.404. The predicted octanol–water partition coefficient (Wildman–Crippen LogP) is -4.99. The van der Waals surface area contributed by atoms with Gasteiger partial charge in [0.25, 0.3) is 17.4 Å². The van der Waals surface area contributed by atoms with E-state index < -0.39 is 332 Å². The minimum Gasteiger partial charge on any atom is -0.477 e. The summed E-state index contributed by atoms with van der Waals surface area (Å²) < 4.78 is 71.8. The molecule has 6 aliphatic rings. The zero-order valence-corrected chi connectivity index (χ0v) is 75.9. The van der Waals surface area contributed by atoms with Crippen molar-refractivity contribution in [2.75, 3.05) is 46.2 Å². The molecule has 6 heterocycles. The minimum absolute atomic E-state index is 0.0817. The van der Waals surface area contributed by atoms with Crippen molar-refractivity contribution in [1.82, 2.24) is 21.3 Å². The molecule has 35 unspecified atom stereocenters. The first kappa shape index (κ1) is 115. The third-order valence-electron chi connectivity index (χ3n) is 24.8. The number of carboxylic acids is 3. The molecule has 0 aromatic rings. The number of hydrogen-bond donors (Lipinski definition) is 26. The van der Waals surface area contributed by atoms with Crippen LogP contribution in [0.5, 0.6) is 0 Å².